The first kappa shape index (κ1) is 11.6. The molecule has 2 heterocycles. The molecule has 1 saturated heterocycles. The smallest absolute Gasteiger partial charge is 0.0756 e. The van der Waals surface area contributed by atoms with E-state index in [1.165, 1.54) is 17.7 Å². The lowest BCUT2D eigenvalue weighted by Crippen LogP contribution is -2.23. The lowest BCUT2D eigenvalue weighted by molar-refractivity contribution is 0.0542. The van der Waals surface area contributed by atoms with Gasteiger partial charge in [-0.15, -0.1) is 0 Å². The Morgan fingerprint density at radius 3 is 3.19 bits per heavy atom. The van der Waals surface area contributed by atoms with Crippen LogP contribution in [0.2, 0.25) is 0 Å². The molecule has 1 aliphatic heterocycles. The highest BCUT2D eigenvalue weighted by atomic mass is 16.5. The molecule has 0 radical (unpaired) electrons. The zero-order valence-electron chi connectivity index (χ0n) is 9.98. The fourth-order valence-electron chi connectivity index (χ4n) is 2.28. The van der Waals surface area contributed by atoms with E-state index in [-0.39, 0.29) is 0 Å². The number of aromatic nitrogens is 2. The van der Waals surface area contributed by atoms with Gasteiger partial charge in [0.15, 0.2) is 0 Å². The predicted octanol–water partition coefficient (Wildman–Crippen LogP) is 1.43. The Labute approximate surface area is 96.8 Å². The van der Waals surface area contributed by atoms with Gasteiger partial charge >= 0.3 is 0 Å². The van der Waals surface area contributed by atoms with Crippen molar-refractivity contribution in [3.05, 3.63) is 17.5 Å². The van der Waals surface area contributed by atoms with Crippen LogP contribution in [0.5, 0.6) is 0 Å². The topological polar surface area (TPSA) is 53.1 Å². The second-order valence-electron chi connectivity index (χ2n) is 4.46. The normalized spacial score (nSPS) is 21.2. The van der Waals surface area contributed by atoms with Crippen LogP contribution in [-0.2, 0) is 11.2 Å². The first-order chi connectivity index (χ1) is 7.83. The summed E-state index contributed by atoms with van der Waals surface area (Å²) in [6.45, 7) is 4.60. The third-order valence-corrected chi connectivity index (χ3v) is 3.28. The van der Waals surface area contributed by atoms with Gasteiger partial charge in [0.05, 0.1) is 18.8 Å². The van der Waals surface area contributed by atoms with E-state index in [2.05, 4.69) is 16.7 Å². The molecule has 1 aromatic heterocycles. The maximum absolute atomic E-state index is 5.53. The molecule has 1 atom stereocenters. The molecule has 1 aliphatic rings. The Balaban J connectivity index is 2.06. The molecule has 1 unspecified atom stereocenters. The Bertz CT molecular complexity index is 329. The number of nitrogens with zero attached hydrogens (tertiary/aromatic N) is 2. The number of ether oxygens (including phenoxy) is 1. The third kappa shape index (κ3) is 2.44. The number of hydrogen-bond donors (Lipinski definition) is 1. The Hall–Kier alpha value is -0.870. The van der Waals surface area contributed by atoms with E-state index in [1.54, 1.807) is 0 Å². The van der Waals surface area contributed by atoms with Gasteiger partial charge in [0.1, 0.15) is 0 Å². The van der Waals surface area contributed by atoms with Crippen LogP contribution < -0.4 is 5.73 Å². The van der Waals surface area contributed by atoms with E-state index in [4.69, 9.17) is 10.5 Å². The second kappa shape index (κ2) is 5.46. The van der Waals surface area contributed by atoms with Gasteiger partial charge in [-0.05, 0) is 44.7 Å². The quantitative estimate of drug-likeness (QED) is 0.840. The monoisotopic (exact) mass is 223 g/mol. The zero-order chi connectivity index (χ0) is 11.4. The van der Waals surface area contributed by atoms with Crippen molar-refractivity contribution in [3.63, 3.8) is 0 Å². The summed E-state index contributed by atoms with van der Waals surface area (Å²) in [5.41, 5.74) is 8.14. The lowest BCUT2D eigenvalue weighted by Gasteiger charge is -2.23. The van der Waals surface area contributed by atoms with Gasteiger partial charge in [-0.25, -0.2) is 0 Å². The number of hydrogen-bond acceptors (Lipinski definition) is 3. The van der Waals surface area contributed by atoms with Crippen LogP contribution in [0.1, 0.15) is 36.6 Å². The summed E-state index contributed by atoms with van der Waals surface area (Å²) in [6, 6.07) is 0.431. The van der Waals surface area contributed by atoms with Crippen LogP contribution in [-0.4, -0.2) is 29.5 Å². The van der Waals surface area contributed by atoms with Crippen molar-refractivity contribution in [1.82, 2.24) is 9.78 Å². The Kier molecular flexibility index (Phi) is 3.96. The molecule has 2 rings (SSSR count). The van der Waals surface area contributed by atoms with Gasteiger partial charge in [0.25, 0.3) is 0 Å². The number of aryl methyl sites for hydroxylation is 1. The second-order valence-corrected chi connectivity index (χ2v) is 4.46. The predicted molar refractivity (Wildman–Crippen MR) is 63.4 cm³/mol. The average Bonchev–Trinajstić information content (AvgIpc) is 2.69. The van der Waals surface area contributed by atoms with Crippen LogP contribution in [0.25, 0.3) is 0 Å². The summed E-state index contributed by atoms with van der Waals surface area (Å²) in [6.07, 6.45) is 6.38. The van der Waals surface area contributed by atoms with Gasteiger partial charge in [0.2, 0.25) is 0 Å². The first-order valence-corrected chi connectivity index (χ1v) is 6.13. The van der Waals surface area contributed by atoms with Gasteiger partial charge in [0, 0.05) is 12.3 Å². The van der Waals surface area contributed by atoms with Gasteiger partial charge in [-0.2, -0.15) is 5.10 Å². The average molecular weight is 223 g/mol. The largest absolute Gasteiger partial charge is 0.379 e. The van der Waals surface area contributed by atoms with Crippen molar-refractivity contribution < 1.29 is 4.74 Å². The first-order valence-electron chi connectivity index (χ1n) is 6.13. The molecule has 0 aliphatic carbocycles. The van der Waals surface area contributed by atoms with Crippen molar-refractivity contribution >= 4 is 0 Å². The summed E-state index contributed by atoms with van der Waals surface area (Å²) >= 11 is 0. The minimum absolute atomic E-state index is 0.431. The highest BCUT2D eigenvalue weighted by molar-refractivity contribution is 5.17. The van der Waals surface area contributed by atoms with E-state index in [1.807, 2.05) is 6.20 Å². The molecular weight excluding hydrogens is 202 g/mol. The molecule has 0 bridgehead atoms. The SMILES string of the molecule is Cc1c(CCCN)cnn1C1CCCOC1. The molecule has 1 aromatic rings. The van der Waals surface area contributed by atoms with Crippen molar-refractivity contribution in [2.45, 2.75) is 38.6 Å². The van der Waals surface area contributed by atoms with E-state index in [0.717, 1.165) is 39.0 Å². The summed E-state index contributed by atoms with van der Waals surface area (Å²) in [7, 11) is 0. The molecule has 1 fully saturated rings. The van der Waals surface area contributed by atoms with E-state index in [0.29, 0.717) is 6.04 Å². The van der Waals surface area contributed by atoms with Crippen LogP contribution in [0.3, 0.4) is 0 Å². The standard InChI is InChI=1S/C12H21N3O/c1-10-11(4-2-6-13)8-14-15(10)12-5-3-7-16-9-12/h8,12H,2-7,9,13H2,1H3. The highest BCUT2D eigenvalue weighted by Gasteiger charge is 2.19. The van der Waals surface area contributed by atoms with Crippen molar-refractivity contribution in [3.8, 4) is 0 Å². The highest BCUT2D eigenvalue weighted by Crippen LogP contribution is 2.22. The van der Waals surface area contributed by atoms with Gasteiger partial charge in [-0.3, -0.25) is 4.68 Å². The third-order valence-electron chi connectivity index (χ3n) is 3.28. The molecule has 0 amide bonds. The van der Waals surface area contributed by atoms with E-state index >= 15 is 0 Å². The molecule has 2 N–H and O–H groups in total. The molecule has 0 spiro atoms. The maximum Gasteiger partial charge on any atom is 0.0756 e. The molecule has 0 aromatic carbocycles. The number of nitrogens with two attached hydrogens (primary N) is 1. The van der Waals surface area contributed by atoms with Crippen molar-refractivity contribution in [1.29, 1.82) is 0 Å². The van der Waals surface area contributed by atoms with Crippen LogP contribution in [0.15, 0.2) is 6.20 Å². The van der Waals surface area contributed by atoms with E-state index < -0.39 is 0 Å². The summed E-state index contributed by atoms with van der Waals surface area (Å²) in [4.78, 5) is 0. The van der Waals surface area contributed by atoms with Crippen molar-refractivity contribution in [2.24, 2.45) is 5.73 Å². The Morgan fingerprint density at radius 1 is 1.62 bits per heavy atom. The minimum atomic E-state index is 0.431. The van der Waals surface area contributed by atoms with Crippen LogP contribution in [0, 0.1) is 6.92 Å². The zero-order valence-corrected chi connectivity index (χ0v) is 9.98. The summed E-state index contributed by atoms with van der Waals surface area (Å²) in [5, 5.41) is 4.49. The van der Waals surface area contributed by atoms with Gasteiger partial charge in [-0.1, -0.05) is 0 Å². The summed E-state index contributed by atoms with van der Waals surface area (Å²) < 4.78 is 7.63. The molecule has 4 nitrogen and oxygen atoms in total. The maximum atomic E-state index is 5.53. The Morgan fingerprint density at radius 2 is 2.50 bits per heavy atom. The molecule has 4 heteroatoms. The van der Waals surface area contributed by atoms with Gasteiger partial charge < -0.3 is 10.5 Å². The van der Waals surface area contributed by atoms with Crippen molar-refractivity contribution in [2.75, 3.05) is 19.8 Å². The number of rotatable bonds is 4. The molecular formula is C12H21N3O. The molecule has 90 valence electrons. The molecule has 16 heavy (non-hydrogen) atoms. The van der Waals surface area contributed by atoms with Crippen LogP contribution >= 0.6 is 0 Å². The van der Waals surface area contributed by atoms with Crippen LogP contribution in [0.4, 0.5) is 0 Å². The fourth-order valence-corrected chi connectivity index (χ4v) is 2.28. The summed E-state index contributed by atoms with van der Waals surface area (Å²) in [5.74, 6) is 0. The fraction of sp³-hybridized carbons (Fsp3) is 0.750. The lowest BCUT2D eigenvalue weighted by atomic mass is 10.1. The minimum Gasteiger partial charge on any atom is -0.379 e. The van der Waals surface area contributed by atoms with E-state index in [9.17, 15) is 0 Å². The molecule has 0 saturated carbocycles.